The van der Waals surface area contributed by atoms with E-state index >= 15 is 0 Å². The standard InChI is InChI=1S/C9H11BFNO4S/c11-8-5-6(10(13)14)1-4-9(8)17(15,16)12-7-2-3-7/h1,4-5,7,12-14H,2-3H2. The molecule has 0 aliphatic heterocycles. The van der Waals surface area contributed by atoms with E-state index in [9.17, 15) is 12.8 Å². The molecule has 1 saturated carbocycles. The van der Waals surface area contributed by atoms with E-state index in [1.54, 1.807) is 0 Å². The summed E-state index contributed by atoms with van der Waals surface area (Å²) in [6.07, 6.45) is 1.52. The van der Waals surface area contributed by atoms with E-state index in [-0.39, 0.29) is 11.5 Å². The highest BCUT2D eigenvalue weighted by Crippen LogP contribution is 2.22. The number of hydrogen-bond donors (Lipinski definition) is 3. The third kappa shape index (κ3) is 2.84. The number of sulfonamides is 1. The predicted molar refractivity (Wildman–Crippen MR) is 59.6 cm³/mol. The zero-order valence-corrected chi connectivity index (χ0v) is 9.61. The molecular formula is C9H11BFNO4S. The fourth-order valence-corrected chi connectivity index (χ4v) is 2.74. The summed E-state index contributed by atoms with van der Waals surface area (Å²) in [5, 5.41) is 17.6. The lowest BCUT2D eigenvalue weighted by molar-refractivity contribution is 0.425. The summed E-state index contributed by atoms with van der Waals surface area (Å²) in [6.45, 7) is 0. The van der Waals surface area contributed by atoms with Gasteiger partial charge in [-0.05, 0) is 30.4 Å². The Bertz CT molecular complexity index is 530. The SMILES string of the molecule is O=S(=O)(NC1CC1)c1ccc(B(O)O)cc1F. The molecule has 92 valence electrons. The van der Waals surface area contributed by atoms with Crippen molar-refractivity contribution >= 4 is 22.6 Å². The summed E-state index contributed by atoms with van der Waals surface area (Å²) in [7, 11) is -5.68. The average Bonchev–Trinajstić information content (AvgIpc) is 3.00. The summed E-state index contributed by atoms with van der Waals surface area (Å²) >= 11 is 0. The Labute approximate surface area is 98.5 Å². The Balaban J connectivity index is 2.32. The molecule has 1 aliphatic rings. The van der Waals surface area contributed by atoms with E-state index in [0.29, 0.717) is 0 Å². The fraction of sp³-hybridized carbons (Fsp3) is 0.333. The maximum atomic E-state index is 13.5. The molecule has 1 aliphatic carbocycles. The van der Waals surface area contributed by atoms with Crippen molar-refractivity contribution in [1.29, 1.82) is 0 Å². The van der Waals surface area contributed by atoms with Gasteiger partial charge in [0.1, 0.15) is 10.7 Å². The van der Waals surface area contributed by atoms with E-state index in [1.807, 2.05) is 0 Å². The third-order valence-corrected chi connectivity index (χ3v) is 4.00. The molecule has 0 bridgehead atoms. The van der Waals surface area contributed by atoms with Crippen molar-refractivity contribution in [3.8, 4) is 0 Å². The molecule has 17 heavy (non-hydrogen) atoms. The van der Waals surface area contributed by atoms with Crippen molar-refractivity contribution in [2.75, 3.05) is 0 Å². The van der Waals surface area contributed by atoms with Gasteiger partial charge in [0.15, 0.2) is 0 Å². The maximum absolute atomic E-state index is 13.5. The van der Waals surface area contributed by atoms with Crippen molar-refractivity contribution in [2.45, 2.75) is 23.8 Å². The van der Waals surface area contributed by atoms with Crippen LogP contribution in [0.15, 0.2) is 23.1 Å². The van der Waals surface area contributed by atoms with Crippen LogP contribution in [0, 0.1) is 5.82 Å². The fourth-order valence-electron chi connectivity index (χ4n) is 1.38. The molecule has 0 amide bonds. The minimum absolute atomic E-state index is 0.0899. The monoisotopic (exact) mass is 259 g/mol. The van der Waals surface area contributed by atoms with Crippen LogP contribution in [0.2, 0.25) is 0 Å². The second-order valence-corrected chi connectivity index (χ2v) is 5.64. The van der Waals surface area contributed by atoms with Gasteiger partial charge in [-0.3, -0.25) is 0 Å². The van der Waals surface area contributed by atoms with Crippen LogP contribution in [-0.4, -0.2) is 31.6 Å². The van der Waals surface area contributed by atoms with Gasteiger partial charge in [0.05, 0.1) is 0 Å². The summed E-state index contributed by atoms with van der Waals surface area (Å²) < 4.78 is 39.3. The normalized spacial score (nSPS) is 15.9. The van der Waals surface area contributed by atoms with Crippen molar-refractivity contribution in [3.05, 3.63) is 24.0 Å². The average molecular weight is 259 g/mol. The molecule has 0 spiro atoms. The van der Waals surface area contributed by atoms with Gasteiger partial charge in [-0.15, -0.1) is 0 Å². The van der Waals surface area contributed by atoms with Gasteiger partial charge in [0.2, 0.25) is 10.0 Å². The number of hydrogen-bond acceptors (Lipinski definition) is 4. The van der Waals surface area contributed by atoms with Crippen LogP contribution < -0.4 is 10.2 Å². The first-order chi connectivity index (χ1) is 7.90. The van der Waals surface area contributed by atoms with Gasteiger partial charge in [0.25, 0.3) is 0 Å². The molecule has 1 aromatic rings. The second-order valence-electron chi connectivity index (χ2n) is 3.96. The van der Waals surface area contributed by atoms with E-state index in [4.69, 9.17) is 10.0 Å². The number of nitrogens with one attached hydrogen (secondary N) is 1. The van der Waals surface area contributed by atoms with Crippen LogP contribution in [0.25, 0.3) is 0 Å². The molecule has 5 nitrogen and oxygen atoms in total. The lowest BCUT2D eigenvalue weighted by Gasteiger charge is -2.07. The van der Waals surface area contributed by atoms with Crippen molar-refractivity contribution in [2.24, 2.45) is 0 Å². The first kappa shape index (κ1) is 12.5. The molecule has 0 radical (unpaired) electrons. The van der Waals surface area contributed by atoms with E-state index in [0.717, 1.165) is 31.0 Å². The van der Waals surface area contributed by atoms with Crippen LogP contribution in [0.3, 0.4) is 0 Å². The molecule has 0 unspecified atom stereocenters. The van der Waals surface area contributed by atoms with Crippen LogP contribution in [0.5, 0.6) is 0 Å². The molecule has 0 heterocycles. The molecule has 1 aromatic carbocycles. The lowest BCUT2D eigenvalue weighted by Crippen LogP contribution is -2.32. The molecule has 0 atom stereocenters. The van der Waals surface area contributed by atoms with Crippen LogP contribution >= 0.6 is 0 Å². The quantitative estimate of drug-likeness (QED) is 0.602. The number of halogens is 1. The molecule has 1 fully saturated rings. The van der Waals surface area contributed by atoms with Gasteiger partial charge in [-0.1, -0.05) is 6.07 Å². The zero-order chi connectivity index (χ0) is 12.6. The summed E-state index contributed by atoms with van der Waals surface area (Å²) in [6, 6.07) is 2.87. The van der Waals surface area contributed by atoms with Gasteiger partial charge < -0.3 is 10.0 Å². The largest absolute Gasteiger partial charge is 0.488 e. The highest BCUT2D eigenvalue weighted by molar-refractivity contribution is 7.89. The Kier molecular flexibility index (Phi) is 3.22. The Hall–Kier alpha value is -0.955. The zero-order valence-electron chi connectivity index (χ0n) is 8.80. The molecule has 2 rings (SSSR count). The molecule has 8 heteroatoms. The van der Waals surface area contributed by atoms with Crippen LogP contribution in [-0.2, 0) is 10.0 Å². The first-order valence-corrected chi connectivity index (χ1v) is 6.56. The Morgan fingerprint density at radius 3 is 2.47 bits per heavy atom. The highest BCUT2D eigenvalue weighted by atomic mass is 32.2. The van der Waals surface area contributed by atoms with Crippen molar-refractivity contribution < 1.29 is 22.9 Å². The molecule has 3 N–H and O–H groups in total. The first-order valence-electron chi connectivity index (χ1n) is 5.08. The topological polar surface area (TPSA) is 86.6 Å². The highest BCUT2D eigenvalue weighted by Gasteiger charge is 2.30. The molecular weight excluding hydrogens is 248 g/mol. The van der Waals surface area contributed by atoms with Gasteiger partial charge >= 0.3 is 7.12 Å². The Morgan fingerprint density at radius 2 is 2.00 bits per heavy atom. The number of benzene rings is 1. The second kappa shape index (κ2) is 4.38. The summed E-state index contributed by atoms with van der Waals surface area (Å²) in [4.78, 5) is -0.478. The van der Waals surface area contributed by atoms with E-state index < -0.39 is 27.9 Å². The van der Waals surface area contributed by atoms with E-state index in [2.05, 4.69) is 4.72 Å². The minimum Gasteiger partial charge on any atom is -0.423 e. The van der Waals surface area contributed by atoms with Gasteiger partial charge in [-0.2, -0.15) is 0 Å². The van der Waals surface area contributed by atoms with E-state index in [1.165, 1.54) is 0 Å². The minimum atomic E-state index is -3.86. The smallest absolute Gasteiger partial charge is 0.423 e. The van der Waals surface area contributed by atoms with Crippen LogP contribution in [0.1, 0.15) is 12.8 Å². The summed E-state index contributed by atoms with van der Waals surface area (Å²) in [5.74, 6) is -0.997. The van der Waals surface area contributed by atoms with Crippen molar-refractivity contribution in [1.82, 2.24) is 4.72 Å². The van der Waals surface area contributed by atoms with Gasteiger partial charge in [-0.25, -0.2) is 17.5 Å². The summed E-state index contributed by atoms with van der Waals surface area (Å²) in [5.41, 5.74) is -0.0899. The third-order valence-electron chi connectivity index (χ3n) is 2.44. The number of rotatable bonds is 4. The molecule has 0 saturated heterocycles. The molecule has 0 aromatic heterocycles. The Morgan fingerprint density at radius 1 is 1.35 bits per heavy atom. The van der Waals surface area contributed by atoms with Crippen LogP contribution in [0.4, 0.5) is 4.39 Å². The predicted octanol–water partition coefficient (Wildman–Crippen LogP) is -1.05. The lowest BCUT2D eigenvalue weighted by atomic mass is 9.80. The van der Waals surface area contributed by atoms with Crippen molar-refractivity contribution in [3.63, 3.8) is 0 Å². The maximum Gasteiger partial charge on any atom is 0.488 e. The van der Waals surface area contributed by atoms with Gasteiger partial charge in [0, 0.05) is 6.04 Å².